The van der Waals surface area contributed by atoms with Crippen molar-refractivity contribution in [1.29, 1.82) is 0 Å². The first-order valence-corrected chi connectivity index (χ1v) is 4.07. The molecule has 70 valence electrons. The highest BCUT2D eigenvalue weighted by Gasteiger charge is 2.42. The molecule has 4 nitrogen and oxygen atoms in total. The predicted octanol–water partition coefficient (Wildman–Crippen LogP) is -0.0170. The first-order valence-electron chi connectivity index (χ1n) is 4.07. The maximum atomic E-state index is 10.6. The van der Waals surface area contributed by atoms with Crippen molar-refractivity contribution in [2.45, 2.75) is 37.9 Å². The van der Waals surface area contributed by atoms with E-state index in [1.165, 1.54) is 6.92 Å². The quantitative estimate of drug-likeness (QED) is 0.522. The minimum absolute atomic E-state index is 0.155. The number of carboxylic acids is 1. The summed E-state index contributed by atoms with van der Waals surface area (Å²) < 4.78 is 0. The summed E-state index contributed by atoms with van der Waals surface area (Å²) in [7, 11) is 0. The predicted molar refractivity (Wildman–Crippen MR) is 41.6 cm³/mol. The Hall–Kier alpha value is -0.610. The Balaban J connectivity index is 2.72. The van der Waals surface area contributed by atoms with Gasteiger partial charge in [0.15, 0.2) is 0 Å². The topological polar surface area (TPSA) is 77.8 Å². The fourth-order valence-electron chi connectivity index (χ4n) is 1.64. The zero-order valence-corrected chi connectivity index (χ0v) is 7.03. The molecule has 3 atom stereocenters. The highest BCUT2D eigenvalue weighted by molar-refractivity contribution is 5.71. The van der Waals surface area contributed by atoms with E-state index in [4.69, 9.17) is 5.11 Å². The third-order valence-electron chi connectivity index (χ3n) is 2.54. The second kappa shape index (κ2) is 3.03. The van der Waals surface area contributed by atoms with Gasteiger partial charge >= 0.3 is 5.97 Å². The molecule has 0 aromatic heterocycles. The average molecular weight is 174 g/mol. The van der Waals surface area contributed by atoms with Crippen molar-refractivity contribution in [3.63, 3.8) is 0 Å². The highest BCUT2D eigenvalue weighted by Crippen LogP contribution is 2.33. The molecule has 0 aromatic rings. The smallest absolute Gasteiger partial charge is 0.309 e. The van der Waals surface area contributed by atoms with Gasteiger partial charge in [0.2, 0.25) is 0 Å². The minimum Gasteiger partial charge on any atom is -0.481 e. The molecule has 1 aliphatic rings. The van der Waals surface area contributed by atoms with Crippen LogP contribution in [-0.4, -0.2) is 33.0 Å². The fourth-order valence-corrected chi connectivity index (χ4v) is 1.64. The number of aliphatic hydroxyl groups is 2. The molecule has 3 N–H and O–H groups in total. The van der Waals surface area contributed by atoms with Gasteiger partial charge in [0.1, 0.15) is 0 Å². The third kappa shape index (κ3) is 1.76. The summed E-state index contributed by atoms with van der Waals surface area (Å²) in [4.78, 5) is 10.6. The number of aliphatic carboxylic acids is 1. The van der Waals surface area contributed by atoms with Crippen LogP contribution in [0.2, 0.25) is 0 Å². The SMILES string of the molecule is CC1(O)CCC(O)CC1C(=O)O. The Bertz CT molecular complexity index is 187. The average Bonchev–Trinajstić information content (AvgIpc) is 1.94. The van der Waals surface area contributed by atoms with Crippen molar-refractivity contribution in [3.8, 4) is 0 Å². The van der Waals surface area contributed by atoms with Gasteiger partial charge in [-0.25, -0.2) is 0 Å². The molecule has 1 fully saturated rings. The van der Waals surface area contributed by atoms with E-state index < -0.39 is 23.6 Å². The van der Waals surface area contributed by atoms with Crippen LogP contribution >= 0.6 is 0 Å². The summed E-state index contributed by atoms with van der Waals surface area (Å²) in [5.74, 6) is -1.86. The number of carboxylic acid groups (broad SMARTS) is 1. The molecule has 0 aliphatic heterocycles. The second-order valence-electron chi connectivity index (χ2n) is 3.68. The molecule has 3 unspecified atom stereocenters. The van der Waals surface area contributed by atoms with E-state index in [2.05, 4.69) is 0 Å². The van der Waals surface area contributed by atoms with E-state index in [0.717, 1.165) is 0 Å². The maximum absolute atomic E-state index is 10.6. The van der Waals surface area contributed by atoms with Crippen LogP contribution in [0.3, 0.4) is 0 Å². The van der Waals surface area contributed by atoms with E-state index in [-0.39, 0.29) is 6.42 Å². The van der Waals surface area contributed by atoms with Gasteiger partial charge in [0.25, 0.3) is 0 Å². The first-order chi connectivity index (χ1) is 5.43. The monoisotopic (exact) mass is 174 g/mol. The molecule has 0 heterocycles. The molecule has 1 aliphatic carbocycles. The zero-order chi connectivity index (χ0) is 9.35. The minimum atomic E-state index is -1.16. The summed E-state index contributed by atoms with van der Waals surface area (Å²) in [6.45, 7) is 1.51. The lowest BCUT2D eigenvalue weighted by molar-refractivity contribution is -0.158. The van der Waals surface area contributed by atoms with Crippen molar-refractivity contribution in [2.24, 2.45) is 5.92 Å². The van der Waals surface area contributed by atoms with Gasteiger partial charge in [0.05, 0.1) is 17.6 Å². The Labute approximate surface area is 70.8 Å². The van der Waals surface area contributed by atoms with E-state index in [9.17, 15) is 15.0 Å². The van der Waals surface area contributed by atoms with Crippen molar-refractivity contribution in [3.05, 3.63) is 0 Å². The van der Waals surface area contributed by atoms with Gasteiger partial charge in [-0.1, -0.05) is 0 Å². The second-order valence-corrected chi connectivity index (χ2v) is 3.68. The van der Waals surface area contributed by atoms with E-state index in [1.54, 1.807) is 0 Å². The Morgan fingerprint density at radius 1 is 1.58 bits per heavy atom. The molecule has 1 saturated carbocycles. The molecule has 0 radical (unpaired) electrons. The van der Waals surface area contributed by atoms with Gasteiger partial charge in [-0.15, -0.1) is 0 Å². The zero-order valence-electron chi connectivity index (χ0n) is 7.03. The summed E-state index contributed by atoms with van der Waals surface area (Å²) >= 11 is 0. The van der Waals surface area contributed by atoms with Gasteiger partial charge < -0.3 is 15.3 Å². The van der Waals surface area contributed by atoms with Gasteiger partial charge in [-0.3, -0.25) is 4.79 Å². The lowest BCUT2D eigenvalue weighted by atomic mass is 9.75. The molecule has 0 amide bonds. The van der Waals surface area contributed by atoms with E-state index in [0.29, 0.717) is 12.8 Å². The van der Waals surface area contributed by atoms with Crippen LogP contribution in [0.4, 0.5) is 0 Å². The summed E-state index contributed by atoms with van der Waals surface area (Å²) in [5.41, 5.74) is -1.16. The van der Waals surface area contributed by atoms with Crippen LogP contribution in [-0.2, 0) is 4.79 Å². The van der Waals surface area contributed by atoms with Crippen molar-refractivity contribution in [2.75, 3.05) is 0 Å². The standard InChI is InChI=1S/C8H14O4/c1-8(12)3-2-5(9)4-6(8)7(10)11/h5-6,9,12H,2-4H2,1H3,(H,10,11). The van der Waals surface area contributed by atoms with Crippen LogP contribution in [0.25, 0.3) is 0 Å². The van der Waals surface area contributed by atoms with Gasteiger partial charge in [-0.2, -0.15) is 0 Å². The van der Waals surface area contributed by atoms with Crippen LogP contribution in [0.15, 0.2) is 0 Å². The highest BCUT2D eigenvalue weighted by atomic mass is 16.4. The van der Waals surface area contributed by atoms with Gasteiger partial charge in [0, 0.05) is 0 Å². The Morgan fingerprint density at radius 3 is 2.58 bits per heavy atom. The van der Waals surface area contributed by atoms with Crippen LogP contribution in [0, 0.1) is 5.92 Å². The van der Waals surface area contributed by atoms with Crippen LogP contribution in [0.5, 0.6) is 0 Å². The largest absolute Gasteiger partial charge is 0.481 e. The Morgan fingerprint density at radius 2 is 2.17 bits per heavy atom. The molecule has 0 saturated heterocycles. The maximum Gasteiger partial charge on any atom is 0.309 e. The summed E-state index contributed by atoms with van der Waals surface area (Å²) in [5, 5.41) is 27.5. The Kier molecular flexibility index (Phi) is 2.39. The van der Waals surface area contributed by atoms with Gasteiger partial charge in [-0.05, 0) is 26.2 Å². The number of hydrogen-bond acceptors (Lipinski definition) is 3. The summed E-state index contributed by atoms with van der Waals surface area (Å²) in [6, 6.07) is 0. The third-order valence-corrected chi connectivity index (χ3v) is 2.54. The van der Waals surface area contributed by atoms with E-state index >= 15 is 0 Å². The lowest BCUT2D eigenvalue weighted by Gasteiger charge is -2.36. The molecule has 0 spiro atoms. The molecule has 4 heteroatoms. The fraction of sp³-hybridized carbons (Fsp3) is 0.875. The number of carbonyl (C=O) groups is 1. The molecular formula is C8H14O4. The summed E-state index contributed by atoms with van der Waals surface area (Å²) in [6.07, 6.45) is 0.413. The molecular weight excluding hydrogens is 160 g/mol. The molecule has 0 aromatic carbocycles. The molecule has 12 heavy (non-hydrogen) atoms. The normalized spacial score (nSPS) is 42.6. The van der Waals surface area contributed by atoms with Crippen LogP contribution in [0.1, 0.15) is 26.2 Å². The van der Waals surface area contributed by atoms with Crippen molar-refractivity contribution >= 4 is 5.97 Å². The van der Waals surface area contributed by atoms with Crippen molar-refractivity contribution in [1.82, 2.24) is 0 Å². The molecule has 0 bridgehead atoms. The number of rotatable bonds is 1. The van der Waals surface area contributed by atoms with E-state index in [1.807, 2.05) is 0 Å². The van der Waals surface area contributed by atoms with Crippen molar-refractivity contribution < 1.29 is 20.1 Å². The molecule has 1 rings (SSSR count). The first kappa shape index (κ1) is 9.48. The van der Waals surface area contributed by atoms with Crippen LogP contribution < -0.4 is 0 Å². The number of hydrogen-bond donors (Lipinski definition) is 3. The lowest BCUT2D eigenvalue weighted by Crippen LogP contribution is -2.45. The number of aliphatic hydroxyl groups excluding tert-OH is 1.